The lowest BCUT2D eigenvalue weighted by Crippen LogP contribution is -2.28. The maximum Gasteiger partial charge on any atom is 0.273 e. The summed E-state index contributed by atoms with van der Waals surface area (Å²) in [6, 6.07) is 19.0. The van der Waals surface area contributed by atoms with Gasteiger partial charge in [-0.3, -0.25) is 4.79 Å². The molecule has 3 heterocycles. The number of thiophene rings is 1. The maximum absolute atomic E-state index is 12.5. The number of hydrogen-bond donors (Lipinski definition) is 1. The third kappa shape index (κ3) is 3.45. The van der Waals surface area contributed by atoms with E-state index in [1.165, 1.54) is 0 Å². The van der Waals surface area contributed by atoms with Crippen molar-refractivity contribution in [1.29, 1.82) is 0 Å². The first-order valence-electron chi connectivity index (χ1n) is 8.18. The summed E-state index contributed by atoms with van der Waals surface area (Å²) in [5.41, 5.74) is 1.14. The average Bonchev–Trinajstić information content (AvgIpc) is 3.44. The zero-order valence-electron chi connectivity index (χ0n) is 13.8. The number of hydrogen-bond acceptors (Lipinski definition) is 5. The van der Waals surface area contributed by atoms with Crippen LogP contribution in [-0.2, 0) is 0 Å². The van der Waals surface area contributed by atoms with Crippen molar-refractivity contribution in [2.24, 2.45) is 0 Å². The van der Waals surface area contributed by atoms with E-state index in [1.807, 2.05) is 60.0 Å². The third-order valence-electron chi connectivity index (χ3n) is 4.04. The highest BCUT2D eigenvalue weighted by Gasteiger charge is 2.21. The Morgan fingerprint density at radius 3 is 2.73 bits per heavy atom. The van der Waals surface area contributed by atoms with E-state index in [-0.39, 0.29) is 17.5 Å². The molecule has 5 nitrogen and oxygen atoms in total. The smallest absolute Gasteiger partial charge is 0.273 e. The molecular formula is C20H16N2O3S. The van der Waals surface area contributed by atoms with Crippen LogP contribution in [0.3, 0.4) is 0 Å². The summed E-state index contributed by atoms with van der Waals surface area (Å²) in [5, 5.41) is 8.82. The number of amides is 1. The van der Waals surface area contributed by atoms with Crippen molar-refractivity contribution in [1.82, 2.24) is 10.5 Å². The summed E-state index contributed by atoms with van der Waals surface area (Å²) < 4.78 is 10.8. The minimum atomic E-state index is -0.274. The van der Waals surface area contributed by atoms with E-state index in [1.54, 1.807) is 23.7 Å². The molecule has 0 aliphatic heterocycles. The molecule has 4 aromatic rings. The van der Waals surface area contributed by atoms with Gasteiger partial charge in [0.25, 0.3) is 5.91 Å². The van der Waals surface area contributed by atoms with Crippen LogP contribution in [0.2, 0.25) is 0 Å². The second kappa shape index (κ2) is 7.41. The average molecular weight is 364 g/mol. The Hall–Kier alpha value is -3.12. The minimum Gasteiger partial charge on any atom is -0.469 e. The normalized spacial score (nSPS) is 12.0. The molecule has 6 heteroatoms. The lowest BCUT2D eigenvalue weighted by atomic mass is 10.0. The van der Waals surface area contributed by atoms with E-state index >= 15 is 0 Å². The highest BCUT2D eigenvalue weighted by molar-refractivity contribution is 7.10. The van der Waals surface area contributed by atoms with Gasteiger partial charge < -0.3 is 14.3 Å². The molecule has 1 atom stereocenters. The van der Waals surface area contributed by atoms with Crippen molar-refractivity contribution < 1.29 is 13.7 Å². The monoisotopic (exact) mass is 364 g/mol. The van der Waals surface area contributed by atoms with Gasteiger partial charge in [-0.1, -0.05) is 41.6 Å². The molecule has 1 N–H and O–H groups in total. The zero-order valence-corrected chi connectivity index (χ0v) is 14.6. The Kier molecular flexibility index (Phi) is 4.66. The number of furan rings is 1. The second-order valence-corrected chi connectivity index (χ2v) is 6.72. The van der Waals surface area contributed by atoms with Gasteiger partial charge in [-0.25, -0.2) is 0 Å². The van der Waals surface area contributed by atoms with Crippen LogP contribution in [0, 0.1) is 0 Å². The fourth-order valence-electron chi connectivity index (χ4n) is 2.73. The summed E-state index contributed by atoms with van der Waals surface area (Å²) in [4.78, 5) is 13.6. The van der Waals surface area contributed by atoms with Gasteiger partial charge in [0.2, 0.25) is 0 Å². The lowest BCUT2D eigenvalue weighted by Gasteiger charge is -2.13. The SMILES string of the molecule is O=C(NC[C@@H](c1ccco1)c1cccs1)c1cc(-c2ccccc2)on1. The van der Waals surface area contributed by atoms with E-state index in [4.69, 9.17) is 8.94 Å². The van der Waals surface area contributed by atoms with Gasteiger partial charge in [-0.05, 0) is 23.6 Å². The van der Waals surface area contributed by atoms with Gasteiger partial charge in [0, 0.05) is 23.1 Å². The zero-order chi connectivity index (χ0) is 17.8. The molecule has 26 heavy (non-hydrogen) atoms. The number of aromatic nitrogens is 1. The number of nitrogens with zero attached hydrogens (tertiary/aromatic N) is 1. The molecule has 0 fully saturated rings. The molecule has 0 unspecified atom stereocenters. The minimum absolute atomic E-state index is 0.0329. The van der Waals surface area contributed by atoms with E-state index in [9.17, 15) is 4.79 Å². The van der Waals surface area contributed by atoms with Crippen LogP contribution in [0.15, 0.2) is 81.2 Å². The first-order valence-corrected chi connectivity index (χ1v) is 9.06. The van der Waals surface area contributed by atoms with Gasteiger partial charge in [-0.15, -0.1) is 11.3 Å². The Morgan fingerprint density at radius 1 is 1.12 bits per heavy atom. The molecule has 0 saturated heterocycles. The van der Waals surface area contributed by atoms with Crippen LogP contribution in [0.25, 0.3) is 11.3 Å². The van der Waals surface area contributed by atoms with Crippen LogP contribution >= 0.6 is 11.3 Å². The van der Waals surface area contributed by atoms with Gasteiger partial charge >= 0.3 is 0 Å². The number of carbonyl (C=O) groups is 1. The summed E-state index contributed by atoms with van der Waals surface area (Å²) >= 11 is 1.63. The Balaban J connectivity index is 1.47. The third-order valence-corrected chi connectivity index (χ3v) is 5.03. The first-order chi connectivity index (χ1) is 12.8. The van der Waals surface area contributed by atoms with E-state index in [2.05, 4.69) is 10.5 Å². The molecule has 0 saturated carbocycles. The highest BCUT2D eigenvalue weighted by atomic mass is 32.1. The molecule has 1 amide bonds. The standard InChI is InChI=1S/C20H16N2O3S/c23-20(16-12-18(25-22-16)14-6-2-1-3-7-14)21-13-15(17-8-4-10-24-17)19-9-5-11-26-19/h1-12,15H,13H2,(H,21,23)/t15-/m0/s1. The van der Waals surface area contributed by atoms with Crippen LogP contribution in [-0.4, -0.2) is 17.6 Å². The quantitative estimate of drug-likeness (QED) is 0.545. The van der Waals surface area contributed by atoms with Crippen molar-refractivity contribution >= 4 is 17.2 Å². The summed E-state index contributed by atoms with van der Waals surface area (Å²) in [6.07, 6.45) is 1.64. The van der Waals surface area contributed by atoms with Crippen molar-refractivity contribution in [3.05, 3.63) is 88.6 Å². The lowest BCUT2D eigenvalue weighted by molar-refractivity contribution is 0.0943. The molecule has 0 bridgehead atoms. The van der Waals surface area contributed by atoms with Crippen LogP contribution < -0.4 is 5.32 Å². The van der Waals surface area contributed by atoms with E-state index < -0.39 is 0 Å². The number of carbonyl (C=O) groups excluding carboxylic acids is 1. The fourth-order valence-corrected chi connectivity index (χ4v) is 3.56. The maximum atomic E-state index is 12.5. The molecule has 0 spiro atoms. The van der Waals surface area contributed by atoms with Gasteiger partial charge in [0.15, 0.2) is 11.5 Å². The summed E-state index contributed by atoms with van der Waals surface area (Å²) in [5.74, 6) is 1.08. The fraction of sp³-hybridized carbons (Fsp3) is 0.100. The molecular weight excluding hydrogens is 348 g/mol. The van der Waals surface area contributed by atoms with E-state index in [0.717, 1.165) is 16.2 Å². The predicted octanol–water partition coefficient (Wildman–Crippen LogP) is 4.56. The van der Waals surface area contributed by atoms with E-state index in [0.29, 0.717) is 12.3 Å². The van der Waals surface area contributed by atoms with Crippen molar-refractivity contribution in [2.75, 3.05) is 6.54 Å². The van der Waals surface area contributed by atoms with Crippen LogP contribution in [0.4, 0.5) is 0 Å². The molecule has 3 aromatic heterocycles. The highest BCUT2D eigenvalue weighted by Crippen LogP contribution is 2.28. The Morgan fingerprint density at radius 2 is 2.00 bits per heavy atom. The summed E-state index contributed by atoms with van der Waals surface area (Å²) in [7, 11) is 0. The first kappa shape index (κ1) is 16.4. The van der Waals surface area contributed by atoms with Crippen molar-refractivity contribution in [2.45, 2.75) is 5.92 Å². The van der Waals surface area contributed by atoms with Crippen molar-refractivity contribution in [3.63, 3.8) is 0 Å². The second-order valence-electron chi connectivity index (χ2n) is 5.74. The molecule has 1 aromatic carbocycles. The topological polar surface area (TPSA) is 68.3 Å². The molecule has 0 aliphatic rings. The Bertz CT molecular complexity index is 926. The van der Waals surface area contributed by atoms with Gasteiger partial charge in [-0.2, -0.15) is 0 Å². The van der Waals surface area contributed by atoms with Crippen LogP contribution in [0.1, 0.15) is 27.0 Å². The number of benzene rings is 1. The largest absolute Gasteiger partial charge is 0.469 e. The Labute approximate surface area is 154 Å². The van der Waals surface area contributed by atoms with Crippen molar-refractivity contribution in [3.8, 4) is 11.3 Å². The predicted molar refractivity (Wildman–Crippen MR) is 99.1 cm³/mol. The molecule has 130 valence electrons. The van der Waals surface area contributed by atoms with Gasteiger partial charge in [0.1, 0.15) is 5.76 Å². The van der Waals surface area contributed by atoms with Gasteiger partial charge in [0.05, 0.1) is 12.2 Å². The molecule has 4 rings (SSSR count). The molecule has 0 radical (unpaired) electrons. The van der Waals surface area contributed by atoms with Crippen LogP contribution in [0.5, 0.6) is 0 Å². The molecule has 0 aliphatic carbocycles. The number of rotatable bonds is 6. The summed E-state index contributed by atoms with van der Waals surface area (Å²) in [6.45, 7) is 0.417. The number of nitrogens with one attached hydrogen (secondary N) is 1.